The van der Waals surface area contributed by atoms with Crippen molar-refractivity contribution in [1.29, 1.82) is 0 Å². The lowest BCUT2D eigenvalue weighted by Crippen LogP contribution is -2.03. The normalized spacial score (nSPS) is 20.9. The van der Waals surface area contributed by atoms with Crippen molar-refractivity contribution in [2.24, 2.45) is 5.92 Å². The van der Waals surface area contributed by atoms with Crippen molar-refractivity contribution in [3.8, 4) is 17.1 Å². The first-order valence-corrected chi connectivity index (χ1v) is 7.04. The topological polar surface area (TPSA) is 78.8 Å². The van der Waals surface area contributed by atoms with Gasteiger partial charge in [-0.2, -0.15) is 0 Å². The monoisotopic (exact) mass is 273 g/mol. The zero-order chi connectivity index (χ0) is 14.1. The molecule has 1 fully saturated rings. The number of nitrogen functional groups attached to an aromatic ring is 1. The van der Waals surface area contributed by atoms with Gasteiger partial charge in [-0.1, -0.05) is 13.3 Å². The molecule has 0 spiro atoms. The Morgan fingerprint density at radius 3 is 2.90 bits per heavy atom. The van der Waals surface area contributed by atoms with Crippen LogP contribution in [-0.4, -0.2) is 26.8 Å². The van der Waals surface area contributed by atoms with Gasteiger partial charge in [0.05, 0.1) is 12.6 Å². The SMILES string of the molecule is CCOc1cc(N)cc(-c2nnnn2C2CC2CC)c1. The van der Waals surface area contributed by atoms with E-state index in [-0.39, 0.29) is 0 Å². The second-order valence-electron chi connectivity index (χ2n) is 5.14. The quantitative estimate of drug-likeness (QED) is 0.845. The van der Waals surface area contributed by atoms with E-state index in [0.717, 1.165) is 30.0 Å². The maximum atomic E-state index is 5.93. The molecule has 3 rings (SSSR count). The first-order chi connectivity index (χ1) is 9.72. The van der Waals surface area contributed by atoms with Crippen LogP contribution in [-0.2, 0) is 0 Å². The van der Waals surface area contributed by atoms with Gasteiger partial charge in [0.2, 0.25) is 0 Å². The fraction of sp³-hybridized carbons (Fsp3) is 0.500. The Labute approximate surface area is 117 Å². The first kappa shape index (κ1) is 12.9. The van der Waals surface area contributed by atoms with Crippen LogP contribution in [0.15, 0.2) is 18.2 Å². The number of ether oxygens (including phenoxy) is 1. The van der Waals surface area contributed by atoms with E-state index in [1.165, 1.54) is 0 Å². The van der Waals surface area contributed by atoms with Gasteiger partial charge in [0.25, 0.3) is 0 Å². The summed E-state index contributed by atoms with van der Waals surface area (Å²) in [7, 11) is 0. The minimum atomic E-state index is 0.418. The number of benzene rings is 1. The van der Waals surface area contributed by atoms with Crippen LogP contribution in [0, 0.1) is 5.92 Å². The van der Waals surface area contributed by atoms with E-state index >= 15 is 0 Å². The molecule has 2 N–H and O–H groups in total. The van der Waals surface area contributed by atoms with E-state index < -0.39 is 0 Å². The zero-order valence-electron chi connectivity index (χ0n) is 11.8. The molecule has 0 amide bonds. The molecule has 2 unspecified atom stereocenters. The zero-order valence-corrected chi connectivity index (χ0v) is 11.8. The van der Waals surface area contributed by atoms with Gasteiger partial charge in [0.1, 0.15) is 5.75 Å². The number of hydrogen-bond acceptors (Lipinski definition) is 5. The molecule has 1 heterocycles. The second-order valence-corrected chi connectivity index (χ2v) is 5.14. The Morgan fingerprint density at radius 1 is 1.35 bits per heavy atom. The van der Waals surface area contributed by atoms with Gasteiger partial charge in [-0.25, -0.2) is 4.68 Å². The number of hydrogen-bond donors (Lipinski definition) is 1. The number of aromatic nitrogens is 4. The summed E-state index contributed by atoms with van der Waals surface area (Å²) in [5.41, 5.74) is 7.49. The summed E-state index contributed by atoms with van der Waals surface area (Å²) in [4.78, 5) is 0. The first-order valence-electron chi connectivity index (χ1n) is 7.04. The molecule has 1 aromatic heterocycles. The van der Waals surface area contributed by atoms with Crippen molar-refractivity contribution >= 4 is 5.69 Å². The van der Waals surface area contributed by atoms with Crippen LogP contribution in [0.1, 0.15) is 32.7 Å². The molecule has 106 valence electrons. The summed E-state index contributed by atoms with van der Waals surface area (Å²) in [6.07, 6.45) is 2.31. The molecule has 0 bridgehead atoms. The van der Waals surface area contributed by atoms with Gasteiger partial charge < -0.3 is 10.5 Å². The van der Waals surface area contributed by atoms with E-state index in [1.807, 2.05) is 29.8 Å². The lowest BCUT2D eigenvalue weighted by atomic mass is 10.1. The molecule has 0 radical (unpaired) electrons. The van der Waals surface area contributed by atoms with Crippen LogP contribution in [0.3, 0.4) is 0 Å². The van der Waals surface area contributed by atoms with Gasteiger partial charge in [-0.15, -0.1) is 5.10 Å². The lowest BCUT2D eigenvalue weighted by molar-refractivity contribution is 0.340. The Kier molecular flexibility index (Phi) is 3.30. The van der Waals surface area contributed by atoms with Crippen LogP contribution in [0.5, 0.6) is 5.75 Å². The molecule has 1 aliphatic carbocycles. The van der Waals surface area contributed by atoms with Gasteiger partial charge in [0, 0.05) is 17.3 Å². The van der Waals surface area contributed by atoms with E-state index in [2.05, 4.69) is 22.4 Å². The third-order valence-corrected chi connectivity index (χ3v) is 3.71. The Bertz CT molecular complexity index is 609. The highest BCUT2D eigenvalue weighted by molar-refractivity contribution is 5.64. The van der Waals surface area contributed by atoms with Crippen molar-refractivity contribution in [3.63, 3.8) is 0 Å². The minimum absolute atomic E-state index is 0.418. The molecule has 1 aromatic carbocycles. The average molecular weight is 273 g/mol. The third-order valence-electron chi connectivity index (χ3n) is 3.71. The molecule has 2 aromatic rings. The molecular weight excluding hydrogens is 254 g/mol. The summed E-state index contributed by atoms with van der Waals surface area (Å²) in [5.74, 6) is 2.20. The number of rotatable bonds is 5. The van der Waals surface area contributed by atoms with Crippen molar-refractivity contribution < 1.29 is 4.74 Å². The van der Waals surface area contributed by atoms with Crippen molar-refractivity contribution in [3.05, 3.63) is 18.2 Å². The highest BCUT2D eigenvalue weighted by Crippen LogP contribution is 2.46. The summed E-state index contributed by atoms with van der Waals surface area (Å²) < 4.78 is 7.44. The minimum Gasteiger partial charge on any atom is -0.494 e. The number of anilines is 1. The smallest absolute Gasteiger partial charge is 0.182 e. The van der Waals surface area contributed by atoms with Crippen LogP contribution < -0.4 is 10.5 Å². The molecule has 0 aliphatic heterocycles. The van der Waals surface area contributed by atoms with Crippen LogP contribution in [0.4, 0.5) is 5.69 Å². The van der Waals surface area contributed by atoms with Crippen LogP contribution >= 0.6 is 0 Å². The number of nitrogens with two attached hydrogens (primary N) is 1. The third kappa shape index (κ3) is 2.33. The lowest BCUT2D eigenvalue weighted by Gasteiger charge is -2.08. The Balaban J connectivity index is 1.95. The Morgan fingerprint density at radius 2 is 2.20 bits per heavy atom. The summed E-state index contributed by atoms with van der Waals surface area (Å²) in [6, 6.07) is 6.05. The van der Waals surface area contributed by atoms with E-state index in [4.69, 9.17) is 10.5 Å². The summed E-state index contributed by atoms with van der Waals surface area (Å²) in [5, 5.41) is 12.1. The maximum absolute atomic E-state index is 5.93. The van der Waals surface area contributed by atoms with E-state index in [9.17, 15) is 0 Å². The highest BCUT2D eigenvalue weighted by atomic mass is 16.5. The average Bonchev–Trinajstić information content (AvgIpc) is 3.05. The largest absolute Gasteiger partial charge is 0.494 e. The Hall–Kier alpha value is -2.11. The molecule has 6 nitrogen and oxygen atoms in total. The van der Waals surface area contributed by atoms with Gasteiger partial charge >= 0.3 is 0 Å². The fourth-order valence-corrected chi connectivity index (χ4v) is 2.58. The van der Waals surface area contributed by atoms with Gasteiger partial charge in [-0.3, -0.25) is 0 Å². The molecule has 1 aliphatic rings. The molecule has 1 saturated carbocycles. The summed E-state index contributed by atoms with van der Waals surface area (Å²) in [6.45, 7) is 4.75. The van der Waals surface area contributed by atoms with E-state index in [1.54, 1.807) is 0 Å². The second kappa shape index (κ2) is 5.11. The molecule has 20 heavy (non-hydrogen) atoms. The van der Waals surface area contributed by atoms with Crippen LogP contribution in [0.25, 0.3) is 11.4 Å². The fourth-order valence-electron chi connectivity index (χ4n) is 2.58. The van der Waals surface area contributed by atoms with Gasteiger partial charge in [-0.05, 0) is 41.8 Å². The predicted molar refractivity (Wildman–Crippen MR) is 76.3 cm³/mol. The molecular formula is C14H19N5O. The number of tetrazole rings is 1. The number of nitrogens with zero attached hydrogens (tertiary/aromatic N) is 4. The predicted octanol–water partition coefficient (Wildman–Crippen LogP) is 2.29. The standard InChI is InChI=1S/C14H19N5O/c1-3-9-7-13(9)19-14(16-17-18-19)10-5-11(15)8-12(6-10)20-4-2/h5-6,8-9,13H,3-4,7,15H2,1-2H3. The van der Waals surface area contributed by atoms with Crippen molar-refractivity contribution in [2.75, 3.05) is 12.3 Å². The highest BCUT2D eigenvalue weighted by Gasteiger charge is 2.39. The maximum Gasteiger partial charge on any atom is 0.182 e. The summed E-state index contributed by atoms with van der Waals surface area (Å²) >= 11 is 0. The van der Waals surface area contributed by atoms with E-state index in [0.29, 0.717) is 24.3 Å². The molecule has 0 saturated heterocycles. The molecule has 6 heteroatoms. The van der Waals surface area contributed by atoms with Crippen LogP contribution in [0.2, 0.25) is 0 Å². The van der Waals surface area contributed by atoms with Gasteiger partial charge in [0.15, 0.2) is 5.82 Å². The van der Waals surface area contributed by atoms with Crippen molar-refractivity contribution in [2.45, 2.75) is 32.7 Å². The molecule has 2 atom stereocenters. The van der Waals surface area contributed by atoms with Crippen molar-refractivity contribution in [1.82, 2.24) is 20.2 Å².